The lowest BCUT2D eigenvalue weighted by Crippen LogP contribution is -2.26. The minimum Gasteiger partial charge on any atom is -0.378 e. The monoisotopic (exact) mass is 240 g/mol. The highest BCUT2D eigenvalue weighted by molar-refractivity contribution is 7.09. The highest BCUT2D eigenvalue weighted by Crippen LogP contribution is 2.18. The van der Waals surface area contributed by atoms with E-state index in [9.17, 15) is 0 Å². The molecular formula is C12H20N2OS. The Morgan fingerprint density at radius 3 is 3.25 bits per heavy atom. The lowest BCUT2D eigenvalue weighted by atomic mass is 10.1. The van der Waals surface area contributed by atoms with E-state index in [0.717, 1.165) is 19.6 Å². The summed E-state index contributed by atoms with van der Waals surface area (Å²) in [6.07, 6.45) is 7.35. The predicted molar refractivity (Wildman–Crippen MR) is 66.7 cm³/mol. The van der Waals surface area contributed by atoms with Crippen LogP contribution in [0.15, 0.2) is 11.7 Å². The maximum atomic E-state index is 5.70. The van der Waals surface area contributed by atoms with E-state index in [0.29, 0.717) is 12.1 Å². The van der Waals surface area contributed by atoms with Gasteiger partial charge in [-0.25, -0.2) is 0 Å². The van der Waals surface area contributed by atoms with Gasteiger partial charge in [0.05, 0.1) is 11.6 Å². The van der Waals surface area contributed by atoms with Gasteiger partial charge in [-0.1, -0.05) is 0 Å². The average molecular weight is 240 g/mol. The van der Waals surface area contributed by atoms with Crippen molar-refractivity contribution in [2.24, 2.45) is 0 Å². The Morgan fingerprint density at radius 2 is 2.56 bits per heavy atom. The normalized spacial score (nSPS) is 23.2. The van der Waals surface area contributed by atoms with Crippen LogP contribution in [-0.4, -0.2) is 24.2 Å². The summed E-state index contributed by atoms with van der Waals surface area (Å²) in [5.41, 5.74) is 1.89. The van der Waals surface area contributed by atoms with E-state index >= 15 is 0 Å². The number of thiazole rings is 1. The Morgan fingerprint density at radius 1 is 1.62 bits per heavy atom. The SMILES string of the molecule is CC(NCCC1CCCCO1)c1cncs1. The minimum atomic E-state index is 0.413. The lowest BCUT2D eigenvalue weighted by molar-refractivity contribution is 0.0113. The quantitative estimate of drug-likeness (QED) is 0.859. The molecule has 2 rings (SSSR count). The second-order valence-corrected chi connectivity index (χ2v) is 5.27. The molecule has 0 aromatic carbocycles. The number of aromatic nitrogens is 1. The predicted octanol–water partition coefficient (Wildman–Crippen LogP) is 2.75. The zero-order valence-electron chi connectivity index (χ0n) is 9.82. The fourth-order valence-corrected chi connectivity index (χ4v) is 2.69. The van der Waals surface area contributed by atoms with E-state index in [1.165, 1.54) is 24.1 Å². The Kier molecular flexibility index (Phi) is 4.75. The highest BCUT2D eigenvalue weighted by atomic mass is 32.1. The van der Waals surface area contributed by atoms with Crippen molar-refractivity contribution in [3.05, 3.63) is 16.6 Å². The lowest BCUT2D eigenvalue weighted by Gasteiger charge is -2.23. The summed E-state index contributed by atoms with van der Waals surface area (Å²) in [6.45, 7) is 4.17. The molecule has 0 saturated carbocycles. The maximum absolute atomic E-state index is 5.70. The molecule has 2 atom stereocenters. The summed E-state index contributed by atoms with van der Waals surface area (Å²) >= 11 is 1.71. The van der Waals surface area contributed by atoms with Crippen LogP contribution in [-0.2, 0) is 4.74 Å². The Bertz CT molecular complexity index is 283. The van der Waals surface area contributed by atoms with E-state index in [2.05, 4.69) is 17.2 Å². The third-order valence-corrected chi connectivity index (χ3v) is 4.03. The van der Waals surface area contributed by atoms with Crippen molar-refractivity contribution in [2.45, 2.75) is 44.8 Å². The van der Waals surface area contributed by atoms with Crippen molar-refractivity contribution in [3.8, 4) is 0 Å². The van der Waals surface area contributed by atoms with E-state index in [4.69, 9.17) is 4.74 Å². The van der Waals surface area contributed by atoms with Gasteiger partial charge in [0, 0.05) is 23.7 Å². The molecule has 1 saturated heterocycles. The van der Waals surface area contributed by atoms with Crippen molar-refractivity contribution in [2.75, 3.05) is 13.2 Å². The van der Waals surface area contributed by atoms with Gasteiger partial charge in [0.25, 0.3) is 0 Å². The van der Waals surface area contributed by atoms with Gasteiger partial charge in [-0.2, -0.15) is 0 Å². The number of nitrogens with zero attached hydrogens (tertiary/aromatic N) is 1. The van der Waals surface area contributed by atoms with Gasteiger partial charge in [-0.05, 0) is 39.2 Å². The fraction of sp³-hybridized carbons (Fsp3) is 0.750. The van der Waals surface area contributed by atoms with Gasteiger partial charge >= 0.3 is 0 Å². The number of hydrogen-bond donors (Lipinski definition) is 1. The summed E-state index contributed by atoms with van der Waals surface area (Å²) in [4.78, 5) is 5.40. The first kappa shape index (κ1) is 12.0. The maximum Gasteiger partial charge on any atom is 0.0794 e. The topological polar surface area (TPSA) is 34.1 Å². The molecule has 0 amide bonds. The zero-order chi connectivity index (χ0) is 11.2. The van der Waals surface area contributed by atoms with E-state index in [-0.39, 0.29) is 0 Å². The van der Waals surface area contributed by atoms with Crippen LogP contribution in [0.3, 0.4) is 0 Å². The summed E-state index contributed by atoms with van der Waals surface area (Å²) in [5.74, 6) is 0. The molecule has 0 spiro atoms. The third kappa shape index (κ3) is 3.54. The molecule has 2 unspecified atom stereocenters. The van der Waals surface area contributed by atoms with Crippen molar-refractivity contribution < 1.29 is 4.74 Å². The van der Waals surface area contributed by atoms with E-state index < -0.39 is 0 Å². The number of hydrogen-bond acceptors (Lipinski definition) is 4. The fourth-order valence-electron chi connectivity index (χ4n) is 2.04. The molecule has 2 heterocycles. The van der Waals surface area contributed by atoms with Crippen LogP contribution in [0, 0.1) is 0 Å². The first-order chi connectivity index (χ1) is 7.86. The first-order valence-electron chi connectivity index (χ1n) is 6.09. The Hall–Kier alpha value is -0.450. The van der Waals surface area contributed by atoms with Crippen molar-refractivity contribution in [1.29, 1.82) is 0 Å². The van der Waals surface area contributed by atoms with Crippen LogP contribution in [0.1, 0.15) is 43.5 Å². The van der Waals surface area contributed by atoms with Crippen LogP contribution in [0.25, 0.3) is 0 Å². The second kappa shape index (κ2) is 6.33. The van der Waals surface area contributed by atoms with Crippen LogP contribution >= 0.6 is 11.3 Å². The average Bonchev–Trinajstić information content (AvgIpc) is 2.84. The molecule has 1 fully saturated rings. The Balaban J connectivity index is 1.63. The molecule has 1 aliphatic heterocycles. The summed E-state index contributed by atoms with van der Waals surface area (Å²) in [6, 6.07) is 0.413. The van der Waals surface area contributed by atoms with Gasteiger partial charge < -0.3 is 10.1 Å². The molecule has 4 heteroatoms. The first-order valence-corrected chi connectivity index (χ1v) is 6.97. The molecule has 3 nitrogen and oxygen atoms in total. The second-order valence-electron chi connectivity index (χ2n) is 4.36. The molecule has 1 N–H and O–H groups in total. The van der Waals surface area contributed by atoms with Crippen molar-refractivity contribution in [3.63, 3.8) is 0 Å². The van der Waals surface area contributed by atoms with Crippen LogP contribution < -0.4 is 5.32 Å². The van der Waals surface area contributed by atoms with Crippen molar-refractivity contribution >= 4 is 11.3 Å². The largest absolute Gasteiger partial charge is 0.378 e. The minimum absolute atomic E-state index is 0.413. The van der Waals surface area contributed by atoms with E-state index in [1.54, 1.807) is 11.3 Å². The summed E-state index contributed by atoms with van der Waals surface area (Å²) < 4.78 is 5.70. The van der Waals surface area contributed by atoms with Gasteiger partial charge in [-0.15, -0.1) is 11.3 Å². The number of rotatable bonds is 5. The van der Waals surface area contributed by atoms with Crippen LogP contribution in [0.2, 0.25) is 0 Å². The highest BCUT2D eigenvalue weighted by Gasteiger charge is 2.14. The summed E-state index contributed by atoms with van der Waals surface area (Å²) in [7, 11) is 0. The molecule has 90 valence electrons. The molecule has 1 aromatic heterocycles. The molecule has 0 bridgehead atoms. The third-order valence-electron chi connectivity index (χ3n) is 3.07. The Labute approximate surface area is 101 Å². The zero-order valence-corrected chi connectivity index (χ0v) is 10.6. The van der Waals surface area contributed by atoms with Crippen LogP contribution in [0.4, 0.5) is 0 Å². The van der Waals surface area contributed by atoms with Gasteiger partial charge in [0.2, 0.25) is 0 Å². The van der Waals surface area contributed by atoms with Crippen molar-refractivity contribution in [1.82, 2.24) is 10.3 Å². The number of nitrogens with one attached hydrogen (secondary N) is 1. The number of ether oxygens (including phenoxy) is 1. The molecule has 0 radical (unpaired) electrons. The van der Waals surface area contributed by atoms with Gasteiger partial charge in [-0.3, -0.25) is 4.98 Å². The van der Waals surface area contributed by atoms with Gasteiger partial charge in [0.15, 0.2) is 0 Å². The summed E-state index contributed by atoms with van der Waals surface area (Å²) in [5, 5.41) is 3.52. The van der Waals surface area contributed by atoms with Gasteiger partial charge in [0.1, 0.15) is 0 Å². The van der Waals surface area contributed by atoms with Crippen LogP contribution in [0.5, 0.6) is 0 Å². The molecule has 1 aliphatic rings. The molecule has 1 aromatic rings. The molecular weight excluding hydrogens is 220 g/mol. The molecule has 16 heavy (non-hydrogen) atoms. The smallest absolute Gasteiger partial charge is 0.0794 e. The van der Waals surface area contributed by atoms with E-state index in [1.807, 2.05) is 11.7 Å². The molecule has 0 aliphatic carbocycles. The standard InChI is InChI=1S/C12H20N2OS/c1-10(12-8-13-9-16-12)14-6-5-11-4-2-3-7-15-11/h8-11,14H,2-7H2,1H3.